The second-order valence-electron chi connectivity index (χ2n) is 9.52. The van der Waals surface area contributed by atoms with Crippen molar-refractivity contribution in [3.8, 4) is 0 Å². The van der Waals surface area contributed by atoms with Gasteiger partial charge in [-0.3, -0.25) is 9.88 Å². The summed E-state index contributed by atoms with van der Waals surface area (Å²) in [6.07, 6.45) is -8.90. The van der Waals surface area contributed by atoms with Crippen LogP contribution in [0.25, 0.3) is 0 Å². The van der Waals surface area contributed by atoms with Crippen LogP contribution in [0.4, 0.5) is 39.5 Å². The maximum atomic E-state index is 10.6. The van der Waals surface area contributed by atoms with Crippen molar-refractivity contribution in [2.75, 3.05) is 26.7 Å². The van der Waals surface area contributed by atoms with E-state index in [0.717, 1.165) is 13.1 Å². The number of rotatable bonds is 3. The smallest absolute Gasteiger partial charge is 0.475 e. The molecule has 2 unspecified atom stereocenters. The topological polar surface area (TPSA) is 131 Å². The minimum absolute atomic E-state index is 0.352. The van der Waals surface area contributed by atoms with Crippen LogP contribution < -0.4 is 0 Å². The first-order chi connectivity index (χ1) is 20.1. The van der Waals surface area contributed by atoms with Crippen molar-refractivity contribution in [2.45, 2.75) is 49.4 Å². The van der Waals surface area contributed by atoms with Gasteiger partial charge < -0.3 is 20.2 Å². The van der Waals surface area contributed by atoms with Gasteiger partial charge in [0.05, 0.1) is 0 Å². The van der Waals surface area contributed by atoms with Crippen LogP contribution in [0.2, 0.25) is 0 Å². The SMILES string of the molecule is CN1CCC2(c3ccccc3)CCN(Cc3ccncc3)CC12.O=C(O)C(F)(F)F.O=C(O)C(F)(F)F.O=C(O)C(F)(F)F. The van der Waals surface area contributed by atoms with Gasteiger partial charge >= 0.3 is 36.4 Å². The molecule has 44 heavy (non-hydrogen) atoms. The van der Waals surface area contributed by atoms with E-state index in [1.54, 1.807) is 0 Å². The fraction of sp³-hybridized carbons (Fsp3) is 0.462. The highest BCUT2D eigenvalue weighted by Gasteiger charge is 2.49. The molecule has 1 aromatic carbocycles. The molecule has 2 atom stereocenters. The number of likely N-dealkylation sites (N-methyl/N-ethyl adjacent to an activating group) is 1. The van der Waals surface area contributed by atoms with E-state index in [1.165, 1.54) is 37.1 Å². The molecule has 2 fully saturated rings. The number of aromatic nitrogens is 1. The van der Waals surface area contributed by atoms with Crippen LogP contribution in [0.5, 0.6) is 0 Å². The Kier molecular flexibility index (Phi) is 13.6. The number of hydrogen-bond donors (Lipinski definition) is 3. The number of carbonyl (C=O) groups is 3. The molecule has 9 nitrogen and oxygen atoms in total. The first-order valence-electron chi connectivity index (χ1n) is 12.4. The van der Waals surface area contributed by atoms with E-state index in [1.807, 2.05) is 12.4 Å². The number of likely N-dealkylation sites (tertiary alicyclic amines) is 2. The van der Waals surface area contributed by atoms with E-state index in [2.05, 4.69) is 64.3 Å². The predicted octanol–water partition coefficient (Wildman–Crippen LogP) is 4.83. The van der Waals surface area contributed by atoms with Gasteiger partial charge in [0.25, 0.3) is 0 Å². The maximum Gasteiger partial charge on any atom is 0.490 e. The number of alkyl halides is 9. The van der Waals surface area contributed by atoms with Gasteiger partial charge in [0, 0.05) is 36.9 Å². The summed E-state index contributed by atoms with van der Waals surface area (Å²) < 4.78 is 95.2. The molecule has 1 aromatic heterocycles. The van der Waals surface area contributed by atoms with E-state index in [9.17, 15) is 39.5 Å². The Bertz CT molecular complexity index is 1150. The summed E-state index contributed by atoms with van der Waals surface area (Å²) in [6.45, 7) is 4.59. The molecule has 4 rings (SSSR count). The average Bonchev–Trinajstić information content (AvgIpc) is 3.26. The first kappa shape index (κ1) is 38.1. The van der Waals surface area contributed by atoms with E-state index in [0.29, 0.717) is 11.5 Å². The number of piperidine rings is 1. The summed E-state index contributed by atoms with van der Waals surface area (Å²) in [5.74, 6) is -8.27. The lowest BCUT2D eigenvalue weighted by atomic mass is 9.69. The van der Waals surface area contributed by atoms with Crippen molar-refractivity contribution in [3.63, 3.8) is 0 Å². The quantitative estimate of drug-likeness (QED) is 0.401. The first-order valence-corrected chi connectivity index (χ1v) is 12.4. The molecule has 3 heterocycles. The number of aliphatic carboxylic acids is 3. The number of halogens is 9. The number of carboxylic acid groups (broad SMARTS) is 3. The molecule has 246 valence electrons. The molecule has 0 radical (unpaired) electrons. The number of pyridine rings is 1. The van der Waals surface area contributed by atoms with Gasteiger partial charge in [0.15, 0.2) is 0 Å². The van der Waals surface area contributed by atoms with Crippen LogP contribution >= 0.6 is 0 Å². The van der Waals surface area contributed by atoms with Crippen LogP contribution in [-0.4, -0.2) is 99.3 Å². The van der Waals surface area contributed by atoms with Crippen LogP contribution in [-0.2, 0) is 26.3 Å². The van der Waals surface area contributed by atoms with Crippen molar-refractivity contribution < 1.29 is 69.2 Å². The maximum absolute atomic E-state index is 10.6. The van der Waals surface area contributed by atoms with Crippen molar-refractivity contribution >= 4 is 17.9 Å². The summed E-state index contributed by atoms with van der Waals surface area (Å²) in [7, 11) is 2.30. The molecule has 18 heteroatoms. The van der Waals surface area contributed by atoms with Gasteiger partial charge in [-0.15, -0.1) is 0 Å². The fourth-order valence-corrected chi connectivity index (χ4v) is 4.56. The summed E-state index contributed by atoms with van der Waals surface area (Å²) >= 11 is 0. The van der Waals surface area contributed by atoms with Gasteiger partial charge in [0.2, 0.25) is 0 Å². The molecule has 2 aromatic rings. The zero-order valence-corrected chi connectivity index (χ0v) is 22.8. The van der Waals surface area contributed by atoms with E-state index < -0.39 is 36.4 Å². The second-order valence-corrected chi connectivity index (χ2v) is 9.52. The third kappa shape index (κ3) is 12.0. The third-order valence-corrected chi connectivity index (χ3v) is 6.62. The third-order valence-electron chi connectivity index (χ3n) is 6.62. The predicted molar refractivity (Wildman–Crippen MR) is 134 cm³/mol. The number of hydrogen-bond acceptors (Lipinski definition) is 6. The highest BCUT2D eigenvalue weighted by atomic mass is 19.4. The van der Waals surface area contributed by atoms with E-state index in [-0.39, 0.29) is 0 Å². The Hall–Kier alpha value is -3.93. The molecule has 0 aliphatic carbocycles. The van der Waals surface area contributed by atoms with E-state index in [4.69, 9.17) is 29.7 Å². The number of nitrogens with zero attached hydrogens (tertiary/aromatic N) is 3. The number of benzene rings is 1. The molecular weight excluding hydrogens is 621 g/mol. The molecule has 0 amide bonds. The molecule has 3 N–H and O–H groups in total. The Balaban J connectivity index is 0.000000379. The molecule has 2 aliphatic heterocycles. The van der Waals surface area contributed by atoms with Crippen molar-refractivity contribution in [1.82, 2.24) is 14.8 Å². The number of carboxylic acids is 3. The monoisotopic (exact) mass is 649 g/mol. The largest absolute Gasteiger partial charge is 0.490 e. The molecule has 0 spiro atoms. The Morgan fingerprint density at radius 3 is 1.59 bits per heavy atom. The van der Waals surface area contributed by atoms with Crippen LogP contribution in [0.15, 0.2) is 54.9 Å². The summed E-state index contributed by atoms with van der Waals surface area (Å²) in [5.41, 5.74) is 3.26. The average molecular weight is 650 g/mol. The molecule has 2 saturated heterocycles. The lowest BCUT2D eigenvalue weighted by molar-refractivity contribution is -0.193. The zero-order valence-electron chi connectivity index (χ0n) is 22.8. The number of fused-ring (bicyclic) bond motifs is 1. The van der Waals surface area contributed by atoms with Gasteiger partial charge in [-0.25, -0.2) is 14.4 Å². The fourth-order valence-electron chi connectivity index (χ4n) is 4.56. The Morgan fingerprint density at radius 1 is 0.773 bits per heavy atom. The zero-order chi connectivity index (χ0) is 33.9. The van der Waals surface area contributed by atoms with Crippen molar-refractivity contribution in [1.29, 1.82) is 0 Å². The molecule has 2 aliphatic rings. The summed E-state index contributed by atoms with van der Waals surface area (Å²) in [4.78, 5) is 36.0. The van der Waals surface area contributed by atoms with E-state index >= 15 is 0 Å². The molecule has 0 saturated carbocycles. The lowest BCUT2D eigenvalue weighted by Crippen LogP contribution is -2.54. The Morgan fingerprint density at radius 2 is 1.18 bits per heavy atom. The minimum atomic E-state index is -5.08. The summed E-state index contributed by atoms with van der Waals surface area (Å²) in [5, 5.41) is 21.4. The standard InChI is InChI=1S/C20H25N3.3C2HF3O2/c1-22-13-9-20(18-5-3-2-4-6-18)10-14-23(16-19(20)22)15-17-7-11-21-12-8-17;3*3-2(4,5)1(6)7/h2-8,11-12,19H,9-10,13-16H2,1H3;3*(H,6,7). The highest BCUT2D eigenvalue weighted by molar-refractivity contribution is 5.73. The molecular formula is C26H28F9N3O6. The van der Waals surface area contributed by atoms with Crippen LogP contribution in [0.1, 0.15) is 24.0 Å². The van der Waals surface area contributed by atoms with Crippen LogP contribution in [0.3, 0.4) is 0 Å². The van der Waals surface area contributed by atoms with Gasteiger partial charge in [0.1, 0.15) is 0 Å². The molecule has 0 bridgehead atoms. The van der Waals surface area contributed by atoms with Crippen molar-refractivity contribution in [2.24, 2.45) is 0 Å². The van der Waals surface area contributed by atoms with Gasteiger partial charge in [-0.2, -0.15) is 39.5 Å². The Labute approximate surface area is 244 Å². The summed E-state index contributed by atoms with van der Waals surface area (Å²) in [6, 6.07) is 16.1. The van der Waals surface area contributed by atoms with Gasteiger partial charge in [-0.1, -0.05) is 30.3 Å². The van der Waals surface area contributed by atoms with Gasteiger partial charge in [-0.05, 0) is 56.2 Å². The normalized spacial score (nSPS) is 20.4. The highest BCUT2D eigenvalue weighted by Crippen LogP contribution is 2.45. The minimum Gasteiger partial charge on any atom is -0.475 e. The van der Waals surface area contributed by atoms with Crippen molar-refractivity contribution in [3.05, 3.63) is 66.0 Å². The lowest BCUT2D eigenvalue weighted by Gasteiger charge is -2.46. The second kappa shape index (κ2) is 15.7. The van der Waals surface area contributed by atoms with Crippen LogP contribution in [0, 0.1) is 0 Å².